The summed E-state index contributed by atoms with van der Waals surface area (Å²) >= 11 is 0. The van der Waals surface area contributed by atoms with Gasteiger partial charge in [-0.05, 0) is 50.2 Å². The zero-order chi connectivity index (χ0) is 18.7. The van der Waals surface area contributed by atoms with E-state index in [0.717, 1.165) is 0 Å². The first kappa shape index (κ1) is 18.1. The number of anilines is 1. The van der Waals surface area contributed by atoms with E-state index in [1.54, 1.807) is 37.2 Å². The monoisotopic (exact) mass is 359 g/mol. The van der Waals surface area contributed by atoms with Crippen LogP contribution in [0.1, 0.15) is 23.2 Å². The molecule has 0 bridgehead atoms. The summed E-state index contributed by atoms with van der Waals surface area (Å²) in [5.74, 6) is -1.30. The number of piperidine rings is 1. The molecule has 0 atom stereocenters. The average Bonchev–Trinajstić information content (AvgIpc) is 3.18. The van der Waals surface area contributed by atoms with E-state index in [1.165, 1.54) is 23.1 Å². The molecule has 26 heavy (non-hydrogen) atoms. The molecule has 0 spiro atoms. The van der Waals surface area contributed by atoms with Gasteiger partial charge in [-0.3, -0.25) is 14.3 Å². The fourth-order valence-electron chi connectivity index (χ4n) is 3.18. The van der Waals surface area contributed by atoms with Gasteiger partial charge in [-0.2, -0.15) is 5.10 Å². The molecule has 7 nitrogen and oxygen atoms in total. The zero-order valence-corrected chi connectivity index (χ0v) is 14.8. The van der Waals surface area contributed by atoms with Crippen LogP contribution in [-0.4, -0.2) is 53.7 Å². The van der Waals surface area contributed by atoms with Crippen LogP contribution >= 0.6 is 0 Å². The second-order valence-corrected chi connectivity index (χ2v) is 6.58. The predicted molar refractivity (Wildman–Crippen MR) is 95.4 cm³/mol. The highest BCUT2D eigenvalue weighted by atomic mass is 19.1. The third kappa shape index (κ3) is 3.32. The van der Waals surface area contributed by atoms with Crippen molar-refractivity contribution in [1.29, 1.82) is 0 Å². The van der Waals surface area contributed by atoms with E-state index in [2.05, 4.69) is 15.7 Å². The van der Waals surface area contributed by atoms with E-state index >= 15 is 0 Å². The number of halogens is 1. The van der Waals surface area contributed by atoms with E-state index in [4.69, 9.17) is 0 Å². The van der Waals surface area contributed by atoms with Crippen molar-refractivity contribution >= 4 is 17.5 Å². The smallest absolute Gasteiger partial charge is 0.256 e. The maximum atomic E-state index is 14.0. The quantitative estimate of drug-likeness (QED) is 0.866. The standard InChI is InChI=1S/C18H22FN5O2/c1-23(2)16(25)14-12-13(4-5-15(14)19)22-17(26)18(6-9-20-10-7-18)24-11-3-8-21-24/h3-5,8,11-12,20H,6-7,9-10H2,1-2H3,(H,22,26). The van der Waals surface area contributed by atoms with Gasteiger partial charge in [0, 0.05) is 32.2 Å². The lowest BCUT2D eigenvalue weighted by Gasteiger charge is -2.36. The van der Waals surface area contributed by atoms with Crippen LogP contribution in [0.15, 0.2) is 36.7 Å². The van der Waals surface area contributed by atoms with Gasteiger partial charge in [0.15, 0.2) is 0 Å². The minimum absolute atomic E-state index is 0.0775. The number of hydrogen-bond donors (Lipinski definition) is 2. The third-order valence-corrected chi connectivity index (χ3v) is 4.66. The van der Waals surface area contributed by atoms with Crippen LogP contribution in [0.3, 0.4) is 0 Å². The number of rotatable bonds is 4. The van der Waals surface area contributed by atoms with Crippen molar-refractivity contribution in [3.8, 4) is 0 Å². The number of benzene rings is 1. The highest BCUT2D eigenvalue weighted by Crippen LogP contribution is 2.29. The highest BCUT2D eigenvalue weighted by molar-refractivity contribution is 5.99. The Labute approximate surface area is 151 Å². The normalized spacial score (nSPS) is 16.1. The van der Waals surface area contributed by atoms with Gasteiger partial charge >= 0.3 is 0 Å². The van der Waals surface area contributed by atoms with Crippen LogP contribution in [-0.2, 0) is 10.3 Å². The molecule has 1 aliphatic heterocycles. The molecule has 3 rings (SSSR count). The van der Waals surface area contributed by atoms with Crippen molar-refractivity contribution in [2.24, 2.45) is 0 Å². The minimum Gasteiger partial charge on any atom is -0.345 e. The van der Waals surface area contributed by atoms with Gasteiger partial charge in [-0.1, -0.05) is 0 Å². The van der Waals surface area contributed by atoms with Crippen LogP contribution in [0.25, 0.3) is 0 Å². The fraction of sp³-hybridized carbons (Fsp3) is 0.389. The summed E-state index contributed by atoms with van der Waals surface area (Å²) in [6.45, 7) is 1.39. The third-order valence-electron chi connectivity index (χ3n) is 4.66. The van der Waals surface area contributed by atoms with Gasteiger partial charge in [0.2, 0.25) is 0 Å². The maximum Gasteiger partial charge on any atom is 0.256 e. The van der Waals surface area contributed by atoms with Gasteiger partial charge < -0.3 is 15.5 Å². The Morgan fingerprint density at radius 2 is 2.04 bits per heavy atom. The summed E-state index contributed by atoms with van der Waals surface area (Å²) in [4.78, 5) is 26.5. The SMILES string of the molecule is CN(C)C(=O)c1cc(NC(=O)C2(n3cccn3)CCNCC2)ccc1F. The Bertz CT molecular complexity index is 798. The van der Waals surface area contributed by atoms with Gasteiger partial charge in [0.1, 0.15) is 11.4 Å². The maximum absolute atomic E-state index is 14.0. The molecule has 0 saturated carbocycles. The summed E-state index contributed by atoms with van der Waals surface area (Å²) in [6, 6.07) is 5.79. The number of aromatic nitrogens is 2. The molecule has 1 aromatic heterocycles. The fourth-order valence-corrected chi connectivity index (χ4v) is 3.18. The first-order valence-corrected chi connectivity index (χ1v) is 8.47. The summed E-state index contributed by atoms with van der Waals surface area (Å²) in [5, 5.41) is 10.3. The summed E-state index contributed by atoms with van der Waals surface area (Å²) in [7, 11) is 3.10. The minimum atomic E-state index is -0.811. The number of nitrogens with zero attached hydrogens (tertiary/aromatic N) is 3. The number of hydrogen-bond acceptors (Lipinski definition) is 4. The Morgan fingerprint density at radius 3 is 2.65 bits per heavy atom. The number of amides is 2. The molecule has 0 aliphatic carbocycles. The van der Waals surface area contributed by atoms with Gasteiger partial charge in [-0.15, -0.1) is 0 Å². The molecule has 2 N–H and O–H groups in total. The molecule has 2 amide bonds. The van der Waals surface area contributed by atoms with Crippen molar-refractivity contribution in [2.45, 2.75) is 18.4 Å². The van der Waals surface area contributed by atoms with Crippen LogP contribution < -0.4 is 10.6 Å². The van der Waals surface area contributed by atoms with Crippen molar-refractivity contribution in [1.82, 2.24) is 20.0 Å². The first-order chi connectivity index (χ1) is 12.4. The molecular formula is C18H22FN5O2. The molecule has 1 aromatic carbocycles. The van der Waals surface area contributed by atoms with E-state index < -0.39 is 17.3 Å². The molecule has 138 valence electrons. The Hall–Kier alpha value is -2.74. The molecule has 1 saturated heterocycles. The van der Waals surface area contributed by atoms with Crippen molar-refractivity contribution in [3.63, 3.8) is 0 Å². The van der Waals surface area contributed by atoms with Crippen LogP contribution in [0, 0.1) is 5.82 Å². The molecule has 8 heteroatoms. The summed E-state index contributed by atoms with van der Waals surface area (Å²) < 4.78 is 15.7. The van der Waals surface area contributed by atoms with Crippen molar-refractivity contribution < 1.29 is 14.0 Å². The molecule has 0 unspecified atom stereocenters. The van der Waals surface area contributed by atoms with E-state index in [0.29, 0.717) is 31.6 Å². The Morgan fingerprint density at radius 1 is 1.31 bits per heavy atom. The Kier molecular flexibility index (Phi) is 5.03. The molecular weight excluding hydrogens is 337 g/mol. The molecule has 2 heterocycles. The van der Waals surface area contributed by atoms with Crippen molar-refractivity contribution in [3.05, 3.63) is 48.0 Å². The molecule has 0 radical (unpaired) electrons. The van der Waals surface area contributed by atoms with E-state index in [1.807, 2.05) is 0 Å². The average molecular weight is 359 g/mol. The molecule has 1 fully saturated rings. The van der Waals surface area contributed by atoms with Crippen LogP contribution in [0.5, 0.6) is 0 Å². The first-order valence-electron chi connectivity index (χ1n) is 8.47. The largest absolute Gasteiger partial charge is 0.345 e. The second-order valence-electron chi connectivity index (χ2n) is 6.58. The summed E-state index contributed by atoms with van der Waals surface area (Å²) in [5.41, 5.74) is -0.507. The second kappa shape index (κ2) is 7.25. The van der Waals surface area contributed by atoms with Gasteiger partial charge in [-0.25, -0.2) is 4.39 Å². The number of carbonyl (C=O) groups is 2. The lowest BCUT2D eigenvalue weighted by Crippen LogP contribution is -2.52. The van der Waals surface area contributed by atoms with E-state index in [9.17, 15) is 14.0 Å². The molecule has 2 aromatic rings. The van der Waals surface area contributed by atoms with Crippen LogP contribution in [0.2, 0.25) is 0 Å². The zero-order valence-electron chi connectivity index (χ0n) is 14.8. The van der Waals surface area contributed by atoms with Crippen molar-refractivity contribution in [2.75, 3.05) is 32.5 Å². The van der Waals surface area contributed by atoms with Gasteiger partial charge in [0.05, 0.1) is 5.56 Å². The van der Waals surface area contributed by atoms with Gasteiger partial charge in [0.25, 0.3) is 11.8 Å². The lowest BCUT2D eigenvalue weighted by molar-refractivity contribution is -0.126. The topological polar surface area (TPSA) is 79.3 Å². The molecule has 1 aliphatic rings. The lowest BCUT2D eigenvalue weighted by atomic mass is 9.87. The number of nitrogens with one attached hydrogen (secondary N) is 2. The highest BCUT2D eigenvalue weighted by Gasteiger charge is 2.42. The van der Waals surface area contributed by atoms with Crippen LogP contribution in [0.4, 0.5) is 10.1 Å². The predicted octanol–water partition coefficient (Wildman–Crippen LogP) is 1.44. The summed E-state index contributed by atoms with van der Waals surface area (Å²) in [6.07, 6.45) is 4.59. The van der Waals surface area contributed by atoms with E-state index in [-0.39, 0.29) is 11.5 Å². The number of carbonyl (C=O) groups excluding carboxylic acids is 2. The Balaban J connectivity index is 1.89.